The predicted octanol–water partition coefficient (Wildman–Crippen LogP) is 0.200. The number of carboxylic acids is 1. The van der Waals surface area contributed by atoms with Gasteiger partial charge in [0, 0.05) is 11.4 Å². The van der Waals surface area contributed by atoms with Crippen LogP contribution in [0, 0.1) is 0 Å². The maximum atomic E-state index is 11.1. The van der Waals surface area contributed by atoms with Crippen molar-refractivity contribution >= 4 is 17.3 Å². The number of aliphatic carboxylic acids is 1. The second-order valence-electron chi connectivity index (χ2n) is 3.71. The Morgan fingerprint density at radius 2 is 2.47 bits per heavy atom. The van der Waals surface area contributed by atoms with Crippen LogP contribution in [0.5, 0.6) is 0 Å². The van der Waals surface area contributed by atoms with Crippen LogP contribution in [0.2, 0.25) is 0 Å². The van der Waals surface area contributed by atoms with Gasteiger partial charge in [0.05, 0.1) is 4.88 Å². The van der Waals surface area contributed by atoms with E-state index in [0.717, 1.165) is 21.7 Å². The Kier molecular flexibility index (Phi) is 2.37. The molecule has 0 saturated carbocycles. The first-order valence-electron chi connectivity index (χ1n) is 5.08. The molecule has 0 aliphatic carbocycles. The van der Waals surface area contributed by atoms with E-state index in [0.29, 0.717) is 12.4 Å². The van der Waals surface area contributed by atoms with Gasteiger partial charge in [0.1, 0.15) is 6.04 Å². The molecule has 3 rings (SSSR count). The molecule has 88 valence electrons. The third-order valence-corrected chi connectivity index (χ3v) is 3.90. The van der Waals surface area contributed by atoms with Gasteiger partial charge >= 0.3 is 5.97 Å². The van der Waals surface area contributed by atoms with E-state index in [1.54, 1.807) is 0 Å². The Balaban J connectivity index is 2.04. The minimum atomic E-state index is -0.854. The molecule has 8 heteroatoms. The minimum absolute atomic E-state index is 0.508. The lowest BCUT2D eigenvalue weighted by Crippen LogP contribution is -2.33. The highest BCUT2D eigenvalue weighted by Crippen LogP contribution is 2.35. The van der Waals surface area contributed by atoms with Gasteiger partial charge < -0.3 is 5.11 Å². The maximum Gasteiger partial charge on any atom is 0.326 e. The first-order valence-corrected chi connectivity index (χ1v) is 5.90. The van der Waals surface area contributed by atoms with Gasteiger partial charge in [0.15, 0.2) is 0 Å². The van der Waals surface area contributed by atoms with E-state index in [2.05, 4.69) is 25.9 Å². The number of nitrogens with one attached hydrogen (secondary N) is 2. The molecule has 3 heterocycles. The number of H-pyrrole nitrogens is 1. The zero-order valence-electron chi connectivity index (χ0n) is 8.67. The molecular weight excluding hydrogens is 242 g/mol. The van der Waals surface area contributed by atoms with E-state index in [1.165, 1.54) is 11.3 Å². The number of hydrogen-bond acceptors (Lipinski definition) is 6. The quantitative estimate of drug-likeness (QED) is 0.704. The van der Waals surface area contributed by atoms with Gasteiger partial charge in [0.25, 0.3) is 0 Å². The lowest BCUT2D eigenvalue weighted by atomic mass is 10.0. The van der Waals surface area contributed by atoms with Crippen LogP contribution in [0.3, 0.4) is 0 Å². The summed E-state index contributed by atoms with van der Waals surface area (Å²) in [6, 6.07) is 1.33. The maximum absolute atomic E-state index is 11.1. The van der Waals surface area contributed by atoms with Crippen molar-refractivity contribution in [3.05, 3.63) is 16.5 Å². The summed E-state index contributed by atoms with van der Waals surface area (Å²) in [6.07, 6.45) is 0.827. The molecule has 0 saturated heterocycles. The predicted molar refractivity (Wildman–Crippen MR) is 59.6 cm³/mol. The number of hydrogen-bond donors (Lipinski definition) is 3. The number of aromatic amines is 1. The Morgan fingerprint density at radius 3 is 3.18 bits per heavy atom. The van der Waals surface area contributed by atoms with Crippen LogP contribution in [0.15, 0.2) is 6.07 Å². The summed E-state index contributed by atoms with van der Waals surface area (Å²) in [5.74, 6) is -0.346. The average Bonchev–Trinajstić information content (AvgIpc) is 2.96. The van der Waals surface area contributed by atoms with Crippen LogP contribution >= 0.6 is 11.3 Å². The molecule has 0 fully saturated rings. The molecule has 1 unspecified atom stereocenters. The van der Waals surface area contributed by atoms with Crippen LogP contribution in [-0.4, -0.2) is 38.2 Å². The summed E-state index contributed by atoms with van der Waals surface area (Å²) in [5.41, 5.74) is 1.06. The number of fused-ring (bicyclic) bond motifs is 1. The number of nitrogens with zero attached hydrogens (tertiary/aromatic N) is 3. The van der Waals surface area contributed by atoms with E-state index in [4.69, 9.17) is 5.11 Å². The van der Waals surface area contributed by atoms with E-state index < -0.39 is 12.0 Å². The molecule has 1 aliphatic heterocycles. The van der Waals surface area contributed by atoms with Crippen molar-refractivity contribution in [2.45, 2.75) is 12.5 Å². The van der Waals surface area contributed by atoms with Crippen molar-refractivity contribution in [2.75, 3.05) is 6.54 Å². The van der Waals surface area contributed by atoms with Crippen molar-refractivity contribution in [2.24, 2.45) is 0 Å². The third kappa shape index (κ3) is 1.71. The Bertz CT molecular complexity index is 550. The van der Waals surface area contributed by atoms with Crippen molar-refractivity contribution in [3.63, 3.8) is 0 Å². The van der Waals surface area contributed by atoms with Crippen molar-refractivity contribution in [1.82, 2.24) is 25.9 Å². The molecule has 0 radical (unpaired) electrons. The fraction of sp³-hybridized carbons (Fsp3) is 0.333. The van der Waals surface area contributed by atoms with Crippen molar-refractivity contribution in [1.29, 1.82) is 0 Å². The van der Waals surface area contributed by atoms with Gasteiger partial charge in [-0.15, -0.1) is 21.5 Å². The van der Waals surface area contributed by atoms with Crippen LogP contribution in [0.1, 0.15) is 16.5 Å². The van der Waals surface area contributed by atoms with Gasteiger partial charge in [-0.05, 0) is 23.3 Å². The normalized spacial score (nSPS) is 18.9. The van der Waals surface area contributed by atoms with E-state index in [1.807, 2.05) is 6.07 Å². The van der Waals surface area contributed by atoms with Crippen LogP contribution < -0.4 is 5.32 Å². The molecule has 3 N–H and O–H groups in total. The fourth-order valence-electron chi connectivity index (χ4n) is 1.90. The molecular formula is C9H9N5O2S. The Morgan fingerprint density at radius 1 is 1.59 bits per heavy atom. The molecule has 0 spiro atoms. The minimum Gasteiger partial charge on any atom is -0.480 e. The topological polar surface area (TPSA) is 104 Å². The highest BCUT2D eigenvalue weighted by Gasteiger charge is 2.28. The lowest BCUT2D eigenvalue weighted by Gasteiger charge is -2.19. The summed E-state index contributed by atoms with van der Waals surface area (Å²) < 4.78 is 0. The number of rotatable bonds is 2. The molecule has 0 amide bonds. The lowest BCUT2D eigenvalue weighted by molar-refractivity contribution is -0.139. The molecule has 0 aromatic carbocycles. The summed E-state index contributed by atoms with van der Waals surface area (Å²) in [4.78, 5) is 12.8. The molecule has 2 aromatic rings. The fourth-order valence-corrected chi connectivity index (χ4v) is 3.11. The second kappa shape index (κ2) is 3.90. The highest BCUT2D eigenvalue weighted by atomic mass is 32.1. The van der Waals surface area contributed by atoms with Gasteiger partial charge in [-0.3, -0.25) is 10.1 Å². The summed E-state index contributed by atoms with van der Waals surface area (Å²) in [7, 11) is 0. The van der Waals surface area contributed by atoms with Crippen LogP contribution in [0.25, 0.3) is 10.7 Å². The second-order valence-corrected chi connectivity index (χ2v) is 4.79. The highest BCUT2D eigenvalue weighted by molar-refractivity contribution is 7.15. The number of carboxylic acid groups (broad SMARTS) is 1. The van der Waals surface area contributed by atoms with E-state index >= 15 is 0 Å². The first kappa shape index (κ1) is 10.4. The standard InChI is InChI=1S/C9H9N5O2S/c15-9(16)6-7-4(1-2-10-6)3-5(17-7)8-11-13-14-12-8/h3,6,10H,1-2H2,(H,15,16)(H,11,12,13,14). The molecule has 1 aliphatic rings. The number of carbonyl (C=O) groups is 1. The zero-order chi connectivity index (χ0) is 11.8. The zero-order valence-corrected chi connectivity index (χ0v) is 9.49. The third-order valence-electron chi connectivity index (χ3n) is 2.66. The number of thiophene rings is 1. The molecule has 1 atom stereocenters. The molecule has 17 heavy (non-hydrogen) atoms. The van der Waals surface area contributed by atoms with Gasteiger partial charge in [-0.25, -0.2) is 0 Å². The monoisotopic (exact) mass is 251 g/mol. The Hall–Kier alpha value is -1.80. The number of aromatic nitrogens is 4. The number of tetrazole rings is 1. The van der Waals surface area contributed by atoms with Crippen molar-refractivity contribution < 1.29 is 9.90 Å². The van der Waals surface area contributed by atoms with E-state index in [-0.39, 0.29) is 0 Å². The van der Waals surface area contributed by atoms with Crippen LogP contribution in [0.4, 0.5) is 0 Å². The molecule has 2 aromatic heterocycles. The first-order chi connectivity index (χ1) is 8.25. The smallest absolute Gasteiger partial charge is 0.326 e. The van der Waals surface area contributed by atoms with E-state index in [9.17, 15) is 4.79 Å². The molecule has 0 bridgehead atoms. The van der Waals surface area contributed by atoms with Gasteiger partial charge in [-0.1, -0.05) is 0 Å². The van der Waals surface area contributed by atoms with Crippen LogP contribution in [-0.2, 0) is 11.2 Å². The Labute approximate surface area is 99.9 Å². The van der Waals surface area contributed by atoms with Gasteiger partial charge in [-0.2, -0.15) is 5.21 Å². The van der Waals surface area contributed by atoms with Gasteiger partial charge in [0.2, 0.25) is 5.82 Å². The average molecular weight is 251 g/mol. The summed E-state index contributed by atoms with van der Waals surface area (Å²) in [6.45, 7) is 0.673. The van der Waals surface area contributed by atoms with Crippen molar-refractivity contribution in [3.8, 4) is 10.7 Å². The largest absolute Gasteiger partial charge is 0.480 e. The summed E-state index contributed by atoms with van der Waals surface area (Å²) >= 11 is 1.40. The SMILES string of the molecule is O=C(O)C1NCCc2cc(-c3nn[nH]n3)sc21. The molecule has 7 nitrogen and oxygen atoms in total. The summed E-state index contributed by atoms with van der Waals surface area (Å²) in [5, 5.41) is 25.8.